The van der Waals surface area contributed by atoms with E-state index in [1.54, 1.807) is 11.3 Å². The summed E-state index contributed by atoms with van der Waals surface area (Å²) in [6.45, 7) is 6.90. The van der Waals surface area contributed by atoms with E-state index in [4.69, 9.17) is 4.74 Å². The van der Waals surface area contributed by atoms with E-state index in [2.05, 4.69) is 31.1 Å². The number of rotatable bonds is 4. The molecule has 0 aliphatic heterocycles. The Bertz CT molecular complexity index is 704. The van der Waals surface area contributed by atoms with Gasteiger partial charge < -0.3 is 4.74 Å². The van der Waals surface area contributed by atoms with Gasteiger partial charge in [-0.15, -0.1) is 11.3 Å². The third kappa shape index (κ3) is 4.15. The number of nitrogens with one attached hydrogen (secondary N) is 1. The number of carbonyl (C=O) groups excluding carboxylic acids is 1. The van der Waals surface area contributed by atoms with Gasteiger partial charge in [-0.2, -0.15) is 0 Å². The molecule has 4 nitrogen and oxygen atoms in total. The van der Waals surface area contributed by atoms with Gasteiger partial charge >= 0.3 is 0 Å². The molecule has 1 aromatic heterocycles. The number of ether oxygens (including phenoxy) is 1. The molecule has 2 aromatic rings. The number of hydrogen-bond acceptors (Lipinski definition) is 4. The van der Waals surface area contributed by atoms with Crippen LogP contribution >= 0.6 is 11.3 Å². The van der Waals surface area contributed by atoms with Gasteiger partial charge in [0.25, 0.3) is 5.91 Å². The second kappa shape index (κ2) is 6.93. The number of anilines is 1. The third-order valence-electron chi connectivity index (χ3n) is 4.52. The molecule has 5 heteroatoms. The Labute approximate surface area is 147 Å². The minimum absolute atomic E-state index is 0.00111. The van der Waals surface area contributed by atoms with E-state index in [-0.39, 0.29) is 12.5 Å². The van der Waals surface area contributed by atoms with Crippen molar-refractivity contribution in [3.05, 3.63) is 40.9 Å². The van der Waals surface area contributed by atoms with Crippen LogP contribution in [0, 0.1) is 11.3 Å². The zero-order valence-electron chi connectivity index (χ0n) is 14.5. The highest BCUT2D eigenvalue weighted by molar-refractivity contribution is 7.15. The molecule has 1 heterocycles. The summed E-state index contributed by atoms with van der Waals surface area (Å²) in [7, 11) is 0. The van der Waals surface area contributed by atoms with Gasteiger partial charge in [-0.25, -0.2) is 4.98 Å². The number of nitrogens with zero attached hydrogens (tertiary/aromatic N) is 1. The summed E-state index contributed by atoms with van der Waals surface area (Å²) < 4.78 is 5.47. The molecule has 1 atom stereocenters. The molecule has 0 fully saturated rings. The van der Waals surface area contributed by atoms with E-state index in [1.807, 2.05) is 30.3 Å². The van der Waals surface area contributed by atoms with Crippen LogP contribution in [0.25, 0.3) is 0 Å². The number of amides is 1. The fourth-order valence-electron chi connectivity index (χ4n) is 2.99. The topological polar surface area (TPSA) is 51.2 Å². The molecule has 1 aliphatic carbocycles. The molecule has 1 aliphatic rings. The Kier molecular flexibility index (Phi) is 4.90. The van der Waals surface area contributed by atoms with E-state index in [0.29, 0.717) is 22.2 Å². The molecule has 1 unspecified atom stereocenters. The van der Waals surface area contributed by atoms with Crippen molar-refractivity contribution in [2.75, 3.05) is 11.9 Å². The highest BCUT2D eigenvalue weighted by Crippen LogP contribution is 2.40. The summed E-state index contributed by atoms with van der Waals surface area (Å²) in [6, 6.07) is 9.35. The molecule has 0 bridgehead atoms. The minimum atomic E-state index is -0.169. The van der Waals surface area contributed by atoms with Crippen LogP contribution in [0.15, 0.2) is 30.3 Å². The van der Waals surface area contributed by atoms with Crippen molar-refractivity contribution in [3.63, 3.8) is 0 Å². The molecule has 128 valence electrons. The van der Waals surface area contributed by atoms with Crippen LogP contribution in [-0.4, -0.2) is 17.5 Å². The highest BCUT2D eigenvalue weighted by atomic mass is 32.1. The van der Waals surface area contributed by atoms with E-state index < -0.39 is 0 Å². The molecule has 3 rings (SSSR count). The number of aryl methyl sites for hydroxylation is 1. The van der Waals surface area contributed by atoms with Crippen molar-refractivity contribution in [3.8, 4) is 5.75 Å². The van der Waals surface area contributed by atoms with Crippen molar-refractivity contribution in [1.29, 1.82) is 0 Å². The van der Waals surface area contributed by atoms with Crippen LogP contribution in [0.2, 0.25) is 0 Å². The maximum absolute atomic E-state index is 12.1. The molecule has 0 radical (unpaired) electrons. The van der Waals surface area contributed by atoms with E-state index >= 15 is 0 Å². The lowest BCUT2D eigenvalue weighted by Gasteiger charge is -2.33. The van der Waals surface area contributed by atoms with Crippen molar-refractivity contribution in [2.24, 2.45) is 11.3 Å². The van der Waals surface area contributed by atoms with Gasteiger partial charge in [0.1, 0.15) is 5.75 Å². The zero-order chi connectivity index (χ0) is 17.2. The number of benzene rings is 1. The summed E-state index contributed by atoms with van der Waals surface area (Å²) in [5.41, 5.74) is 1.47. The SMILES string of the molecule is CC(C)(C)C1CCc2nc(NC(=O)COc3ccccc3)sc2C1. The lowest BCUT2D eigenvalue weighted by molar-refractivity contribution is -0.118. The zero-order valence-corrected chi connectivity index (χ0v) is 15.3. The summed E-state index contributed by atoms with van der Waals surface area (Å²) in [4.78, 5) is 18.0. The predicted octanol–water partition coefficient (Wildman–Crippen LogP) is 4.31. The molecule has 1 aromatic carbocycles. The van der Waals surface area contributed by atoms with Crippen molar-refractivity contribution in [2.45, 2.75) is 40.0 Å². The number of hydrogen-bond donors (Lipinski definition) is 1. The smallest absolute Gasteiger partial charge is 0.264 e. The molecule has 0 saturated carbocycles. The van der Waals surface area contributed by atoms with Crippen molar-refractivity contribution in [1.82, 2.24) is 4.98 Å². The normalized spacial score (nSPS) is 17.2. The molecule has 1 N–H and O–H groups in total. The second-order valence-electron chi connectivity index (χ2n) is 7.34. The maximum atomic E-state index is 12.1. The molecule has 0 spiro atoms. The largest absolute Gasteiger partial charge is 0.484 e. The summed E-state index contributed by atoms with van der Waals surface area (Å²) in [5.74, 6) is 1.20. The molecule has 1 amide bonds. The number of para-hydroxylation sites is 1. The number of carbonyl (C=O) groups is 1. The lowest BCUT2D eigenvalue weighted by atomic mass is 9.73. The van der Waals surface area contributed by atoms with E-state index in [1.165, 1.54) is 11.3 Å². The molecule has 0 saturated heterocycles. The van der Waals surface area contributed by atoms with Crippen molar-refractivity contribution >= 4 is 22.4 Å². The Morgan fingerprint density at radius 1 is 1.33 bits per heavy atom. The Morgan fingerprint density at radius 2 is 2.08 bits per heavy atom. The summed E-state index contributed by atoms with van der Waals surface area (Å²) in [6.07, 6.45) is 3.24. The predicted molar refractivity (Wildman–Crippen MR) is 97.7 cm³/mol. The quantitative estimate of drug-likeness (QED) is 0.899. The number of thiazole rings is 1. The van der Waals surface area contributed by atoms with Gasteiger partial charge in [-0.1, -0.05) is 39.0 Å². The van der Waals surface area contributed by atoms with Crippen LogP contribution in [-0.2, 0) is 17.6 Å². The molecular formula is C19H24N2O2S. The van der Waals surface area contributed by atoms with Crippen molar-refractivity contribution < 1.29 is 9.53 Å². The average Bonchev–Trinajstić information content (AvgIpc) is 2.94. The van der Waals surface area contributed by atoms with Gasteiger partial charge in [0.05, 0.1) is 5.69 Å². The minimum Gasteiger partial charge on any atom is -0.484 e. The number of aromatic nitrogens is 1. The summed E-state index contributed by atoms with van der Waals surface area (Å²) >= 11 is 1.61. The highest BCUT2D eigenvalue weighted by Gasteiger charge is 2.30. The first-order valence-electron chi connectivity index (χ1n) is 8.38. The van der Waals surface area contributed by atoms with Gasteiger partial charge in [0.2, 0.25) is 0 Å². The van der Waals surface area contributed by atoms with E-state index in [0.717, 1.165) is 18.5 Å². The van der Waals surface area contributed by atoms with Crippen LogP contribution < -0.4 is 10.1 Å². The van der Waals surface area contributed by atoms with Gasteiger partial charge in [0.15, 0.2) is 11.7 Å². The standard InChI is InChI=1S/C19H24N2O2S/c1-19(2,3)13-9-10-15-16(11-13)24-18(20-15)21-17(22)12-23-14-7-5-4-6-8-14/h4-8,13H,9-12H2,1-3H3,(H,20,21,22). The monoisotopic (exact) mass is 344 g/mol. The lowest BCUT2D eigenvalue weighted by Crippen LogP contribution is -2.26. The van der Waals surface area contributed by atoms with Gasteiger partial charge in [-0.3, -0.25) is 10.1 Å². The third-order valence-corrected chi connectivity index (χ3v) is 5.56. The van der Waals surface area contributed by atoms with Crippen LogP contribution in [0.1, 0.15) is 37.8 Å². The van der Waals surface area contributed by atoms with E-state index in [9.17, 15) is 4.79 Å². The Balaban J connectivity index is 1.57. The molecular weight excluding hydrogens is 320 g/mol. The van der Waals surface area contributed by atoms with Crippen LogP contribution in [0.3, 0.4) is 0 Å². The fourth-order valence-corrected chi connectivity index (χ4v) is 4.09. The molecule has 24 heavy (non-hydrogen) atoms. The first-order valence-corrected chi connectivity index (χ1v) is 9.20. The fraction of sp³-hybridized carbons (Fsp3) is 0.474. The average molecular weight is 344 g/mol. The first kappa shape index (κ1) is 17.0. The second-order valence-corrected chi connectivity index (χ2v) is 8.43. The summed E-state index contributed by atoms with van der Waals surface area (Å²) in [5, 5.41) is 3.56. The van der Waals surface area contributed by atoms with Gasteiger partial charge in [0, 0.05) is 4.88 Å². The Hall–Kier alpha value is -1.88. The number of fused-ring (bicyclic) bond motifs is 1. The van der Waals surface area contributed by atoms with Crippen LogP contribution in [0.5, 0.6) is 5.75 Å². The Morgan fingerprint density at radius 3 is 2.79 bits per heavy atom. The van der Waals surface area contributed by atoms with Crippen LogP contribution in [0.4, 0.5) is 5.13 Å². The first-order chi connectivity index (χ1) is 11.4. The van der Waals surface area contributed by atoms with Gasteiger partial charge in [-0.05, 0) is 42.7 Å². The maximum Gasteiger partial charge on any atom is 0.264 e.